The van der Waals surface area contributed by atoms with Gasteiger partial charge < -0.3 is 0 Å². The molecule has 2 aromatic carbocycles. The largest absolute Gasteiger partial charge is 0.416 e. The smallest absolute Gasteiger partial charge is 0.286 e. The van der Waals surface area contributed by atoms with Gasteiger partial charge in [0, 0.05) is 5.56 Å². The molecule has 29 heavy (non-hydrogen) atoms. The number of alkyl halides is 3. The van der Waals surface area contributed by atoms with Gasteiger partial charge in [-0.05, 0) is 48.7 Å². The molecule has 0 atom stereocenters. The summed E-state index contributed by atoms with van der Waals surface area (Å²) in [5.41, 5.74) is -0.804. The first-order chi connectivity index (χ1) is 13.7. The molecule has 4 rings (SSSR count). The van der Waals surface area contributed by atoms with Crippen molar-refractivity contribution in [3.63, 3.8) is 0 Å². The van der Waals surface area contributed by atoms with Crippen LogP contribution in [0, 0.1) is 16.6 Å². The average Bonchev–Trinajstić information content (AvgIpc) is 3.50. The number of hydrogen-bond acceptors (Lipinski definition) is 4. The van der Waals surface area contributed by atoms with E-state index in [9.17, 15) is 17.6 Å². The highest BCUT2D eigenvalue weighted by Crippen LogP contribution is 2.50. The zero-order chi connectivity index (χ0) is 20.8. The van der Waals surface area contributed by atoms with Gasteiger partial charge in [0.15, 0.2) is 0 Å². The number of nitrogens with one attached hydrogen (secondary N) is 2. The van der Waals surface area contributed by atoms with Crippen LogP contribution in [0.2, 0.25) is 0 Å². The number of benzene rings is 2. The first-order valence-corrected chi connectivity index (χ1v) is 8.75. The molecule has 0 radical (unpaired) electrons. The maximum Gasteiger partial charge on any atom is 0.416 e. The molecule has 5 nitrogen and oxygen atoms in total. The van der Waals surface area contributed by atoms with E-state index in [-0.39, 0.29) is 11.5 Å². The standard InChI is InChI=1S/C20H15F4N5/c21-15-6-4-12(5-7-15)16-11-27-18(26)29(28-16)17(25)19(8-9-19)13-2-1-3-14(10-13)20(22,23)24/h1-7,10-11,25-26H,8-9H2. The van der Waals surface area contributed by atoms with Gasteiger partial charge in [0.05, 0.1) is 17.2 Å². The molecule has 1 saturated carbocycles. The third-order valence-electron chi connectivity index (χ3n) is 5.02. The summed E-state index contributed by atoms with van der Waals surface area (Å²) in [7, 11) is 0. The van der Waals surface area contributed by atoms with E-state index in [1.807, 2.05) is 0 Å². The number of aromatic nitrogens is 3. The molecular formula is C20H15F4N5. The Balaban J connectivity index is 1.74. The molecule has 0 spiro atoms. The fourth-order valence-electron chi connectivity index (χ4n) is 3.25. The Bertz CT molecular complexity index is 1140. The van der Waals surface area contributed by atoms with Gasteiger partial charge >= 0.3 is 6.18 Å². The highest BCUT2D eigenvalue weighted by molar-refractivity contribution is 5.94. The van der Waals surface area contributed by atoms with Crippen LogP contribution in [-0.2, 0) is 11.6 Å². The lowest BCUT2D eigenvalue weighted by Crippen LogP contribution is -2.38. The Hall–Kier alpha value is -3.36. The maximum atomic E-state index is 13.2. The second-order valence-corrected chi connectivity index (χ2v) is 6.90. The lowest BCUT2D eigenvalue weighted by atomic mass is 9.93. The second kappa shape index (κ2) is 6.61. The van der Waals surface area contributed by atoms with Crippen molar-refractivity contribution in [3.05, 3.63) is 77.3 Å². The number of nitrogens with zero attached hydrogens (tertiary/aromatic N) is 3. The second-order valence-electron chi connectivity index (χ2n) is 6.90. The van der Waals surface area contributed by atoms with E-state index in [0.717, 1.165) is 16.8 Å². The van der Waals surface area contributed by atoms with Crippen LogP contribution in [0.25, 0.3) is 11.3 Å². The van der Waals surface area contributed by atoms with E-state index in [2.05, 4.69) is 10.1 Å². The molecule has 0 amide bonds. The molecule has 0 bridgehead atoms. The van der Waals surface area contributed by atoms with Crippen LogP contribution in [0.3, 0.4) is 0 Å². The number of rotatable bonds is 3. The van der Waals surface area contributed by atoms with Gasteiger partial charge in [-0.15, -0.1) is 0 Å². The van der Waals surface area contributed by atoms with Crippen LogP contribution in [0.1, 0.15) is 24.0 Å². The van der Waals surface area contributed by atoms with Crippen LogP contribution in [0.4, 0.5) is 17.6 Å². The molecule has 1 aromatic heterocycles. The Morgan fingerprint density at radius 1 is 1.07 bits per heavy atom. The Kier molecular flexibility index (Phi) is 4.33. The maximum absolute atomic E-state index is 13.2. The molecule has 2 N–H and O–H groups in total. The summed E-state index contributed by atoms with van der Waals surface area (Å²) in [5, 5.41) is 20.9. The zero-order valence-electron chi connectivity index (χ0n) is 15.0. The first-order valence-electron chi connectivity index (χ1n) is 8.75. The van der Waals surface area contributed by atoms with Gasteiger partial charge in [0.25, 0.3) is 0 Å². The van der Waals surface area contributed by atoms with E-state index >= 15 is 0 Å². The molecule has 1 fully saturated rings. The minimum Gasteiger partial charge on any atom is -0.286 e. The van der Waals surface area contributed by atoms with Crippen molar-refractivity contribution >= 4 is 5.84 Å². The molecule has 148 valence electrons. The van der Waals surface area contributed by atoms with E-state index < -0.39 is 23.0 Å². The number of halogens is 4. The zero-order valence-corrected chi connectivity index (χ0v) is 15.0. The van der Waals surface area contributed by atoms with Crippen molar-refractivity contribution in [1.82, 2.24) is 14.8 Å². The molecule has 1 heterocycles. The topological polar surface area (TPSA) is 78.4 Å². The molecule has 0 saturated heterocycles. The quantitative estimate of drug-likeness (QED) is 0.393. The summed E-state index contributed by atoms with van der Waals surface area (Å²) in [4.78, 5) is 3.94. The van der Waals surface area contributed by atoms with Gasteiger partial charge in [0.2, 0.25) is 5.62 Å². The van der Waals surface area contributed by atoms with Crippen molar-refractivity contribution in [2.75, 3.05) is 0 Å². The minimum atomic E-state index is -4.48. The molecule has 3 aromatic rings. The first kappa shape index (κ1) is 19.0. The Morgan fingerprint density at radius 3 is 2.38 bits per heavy atom. The Morgan fingerprint density at radius 2 is 1.76 bits per heavy atom. The number of hydrogen-bond donors (Lipinski definition) is 2. The van der Waals surface area contributed by atoms with Gasteiger partial charge in [-0.1, -0.05) is 18.2 Å². The predicted molar refractivity (Wildman–Crippen MR) is 96.8 cm³/mol. The summed E-state index contributed by atoms with van der Waals surface area (Å²) in [5.74, 6) is -0.529. The van der Waals surface area contributed by atoms with Gasteiger partial charge in [-0.2, -0.15) is 23.0 Å². The monoisotopic (exact) mass is 401 g/mol. The van der Waals surface area contributed by atoms with E-state index in [1.165, 1.54) is 36.5 Å². The fourth-order valence-corrected chi connectivity index (χ4v) is 3.25. The predicted octanol–water partition coefficient (Wildman–Crippen LogP) is 4.14. The van der Waals surface area contributed by atoms with E-state index in [4.69, 9.17) is 10.8 Å². The SMILES string of the molecule is N=C(n1nc(-c2ccc(F)cc2)cnc1=N)C1(c2cccc(C(F)(F)F)c2)CC1. The lowest BCUT2D eigenvalue weighted by Gasteiger charge is -2.20. The molecule has 1 aliphatic rings. The van der Waals surface area contributed by atoms with Gasteiger partial charge in [0.1, 0.15) is 17.3 Å². The summed E-state index contributed by atoms with van der Waals surface area (Å²) < 4.78 is 53.5. The highest BCUT2D eigenvalue weighted by Gasteiger charge is 2.50. The van der Waals surface area contributed by atoms with Crippen LogP contribution >= 0.6 is 0 Å². The molecular weight excluding hydrogens is 386 g/mol. The van der Waals surface area contributed by atoms with E-state index in [1.54, 1.807) is 6.07 Å². The Labute approximate surface area is 162 Å². The molecule has 9 heteroatoms. The molecule has 0 unspecified atom stereocenters. The van der Waals surface area contributed by atoms with Gasteiger partial charge in [-0.3, -0.25) is 10.8 Å². The van der Waals surface area contributed by atoms with Crippen LogP contribution in [-0.4, -0.2) is 20.6 Å². The average molecular weight is 401 g/mol. The highest BCUT2D eigenvalue weighted by atomic mass is 19.4. The molecule has 0 aliphatic heterocycles. The summed E-state index contributed by atoms with van der Waals surface area (Å²) in [6.45, 7) is 0. The normalized spacial score (nSPS) is 15.2. The lowest BCUT2D eigenvalue weighted by molar-refractivity contribution is -0.137. The fraction of sp³-hybridized carbons (Fsp3) is 0.200. The van der Waals surface area contributed by atoms with Crippen LogP contribution in [0.15, 0.2) is 54.7 Å². The third-order valence-corrected chi connectivity index (χ3v) is 5.02. The van der Waals surface area contributed by atoms with Crippen molar-refractivity contribution < 1.29 is 17.6 Å². The van der Waals surface area contributed by atoms with Gasteiger partial charge in [-0.25, -0.2) is 9.37 Å². The van der Waals surface area contributed by atoms with Crippen molar-refractivity contribution in [3.8, 4) is 11.3 Å². The summed E-state index contributed by atoms with van der Waals surface area (Å²) >= 11 is 0. The van der Waals surface area contributed by atoms with Crippen LogP contribution < -0.4 is 5.62 Å². The summed E-state index contributed by atoms with van der Waals surface area (Å²) in [6.07, 6.45) is -2.20. The molecule has 1 aliphatic carbocycles. The van der Waals surface area contributed by atoms with Crippen molar-refractivity contribution in [1.29, 1.82) is 10.8 Å². The van der Waals surface area contributed by atoms with Crippen molar-refractivity contribution in [2.45, 2.75) is 24.4 Å². The van der Waals surface area contributed by atoms with E-state index in [0.29, 0.717) is 29.7 Å². The van der Waals surface area contributed by atoms with Crippen molar-refractivity contribution in [2.24, 2.45) is 0 Å². The van der Waals surface area contributed by atoms with Crippen LogP contribution in [0.5, 0.6) is 0 Å². The summed E-state index contributed by atoms with van der Waals surface area (Å²) in [6, 6.07) is 10.4. The third kappa shape index (κ3) is 3.43. The minimum absolute atomic E-state index is 0.113.